The lowest BCUT2D eigenvalue weighted by molar-refractivity contribution is -0.137. The summed E-state index contributed by atoms with van der Waals surface area (Å²) in [6, 6.07) is 5.74. The minimum atomic E-state index is -4.74. The number of alkyl halides is 3. The highest BCUT2D eigenvalue weighted by molar-refractivity contribution is 7.90. The molecule has 2 aliphatic heterocycles. The number of carbonyl (C=O) groups excluding carboxylic acids is 2. The second-order valence-corrected chi connectivity index (χ2v) is 12.1. The van der Waals surface area contributed by atoms with Gasteiger partial charge < -0.3 is 10.0 Å². The molecule has 2 atom stereocenters. The molecule has 0 aliphatic carbocycles. The van der Waals surface area contributed by atoms with Gasteiger partial charge in [0.2, 0.25) is 5.70 Å². The number of allylic oxidation sites excluding steroid dienone is 1. The van der Waals surface area contributed by atoms with Gasteiger partial charge in [-0.05, 0) is 61.6 Å². The van der Waals surface area contributed by atoms with Gasteiger partial charge in [-0.1, -0.05) is 12.1 Å². The van der Waals surface area contributed by atoms with Crippen LogP contribution in [-0.4, -0.2) is 61.3 Å². The molecule has 2 aromatic rings. The van der Waals surface area contributed by atoms with Crippen LogP contribution in [0.3, 0.4) is 0 Å². The van der Waals surface area contributed by atoms with E-state index in [4.69, 9.17) is 6.57 Å². The third-order valence-corrected chi connectivity index (χ3v) is 8.42. The second kappa shape index (κ2) is 11.5. The van der Waals surface area contributed by atoms with Gasteiger partial charge in [0.05, 0.1) is 28.7 Å². The van der Waals surface area contributed by atoms with Crippen LogP contribution in [-0.2, 0) is 16.0 Å². The lowest BCUT2D eigenvalue weighted by Gasteiger charge is -2.44. The van der Waals surface area contributed by atoms with E-state index in [0.29, 0.717) is 17.7 Å². The van der Waals surface area contributed by atoms with Crippen LogP contribution in [0.25, 0.3) is 4.85 Å². The molecule has 0 bridgehead atoms. The summed E-state index contributed by atoms with van der Waals surface area (Å²) in [4.78, 5) is 34.2. The number of urea groups is 2. The van der Waals surface area contributed by atoms with Crippen LogP contribution in [0.1, 0.15) is 42.5 Å². The highest BCUT2D eigenvalue weighted by Gasteiger charge is 2.47. The van der Waals surface area contributed by atoms with Crippen molar-refractivity contribution < 1.29 is 36.3 Å². The van der Waals surface area contributed by atoms with Crippen LogP contribution < -0.4 is 4.90 Å². The van der Waals surface area contributed by atoms with Gasteiger partial charge in [-0.25, -0.2) is 27.8 Å². The first-order chi connectivity index (χ1) is 19.7. The smallest absolute Gasteiger partial charge is 0.396 e. The van der Waals surface area contributed by atoms with Crippen molar-refractivity contribution in [2.45, 2.75) is 36.9 Å². The molecule has 42 heavy (non-hydrogen) atoms. The van der Waals surface area contributed by atoms with Crippen molar-refractivity contribution >= 4 is 27.6 Å². The highest BCUT2D eigenvalue weighted by atomic mass is 32.2. The molecule has 2 aliphatic rings. The van der Waals surface area contributed by atoms with Crippen molar-refractivity contribution in [3.8, 4) is 6.07 Å². The Balaban J connectivity index is 1.99. The molecular weight excluding hydrogens is 575 g/mol. The maximum atomic E-state index is 14.2. The number of imide groups is 1. The molecule has 1 N–H and O–H groups in total. The summed E-state index contributed by atoms with van der Waals surface area (Å²) in [5.41, 5.74) is -1.82. The monoisotopic (exact) mass is 601 g/mol. The Morgan fingerprint density at radius 3 is 2.55 bits per heavy atom. The summed E-state index contributed by atoms with van der Waals surface area (Å²) in [7, 11) is -4.07. The number of halogens is 3. The predicted octanol–water partition coefficient (Wildman–Crippen LogP) is 4.94. The highest BCUT2D eigenvalue weighted by Crippen LogP contribution is 2.43. The zero-order chi connectivity index (χ0) is 31.0. The Morgan fingerprint density at radius 1 is 1.24 bits per heavy atom. The third-order valence-electron chi connectivity index (χ3n) is 7.26. The zero-order valence-corrected chi connectivity index (χ0v) is 23.4. The number of nitrogens with zero attached hydrogens (tertiary/aromatic N) is 5. The number of aliphatic hydroxyl groups is 1. The maximum absolute atomic E-state index is 14.2. The molecule has 2 heterocycles. The topological polar surface area (TPSA) is 126 Å². The van der Waals surface area contributed by atoms with Gasteiger partial charge in [0.1, 0.15) is 6.04 Å². The van der Waals surface area contributed by atoms with Gasteiger partial charge in [-0.15, -0.1) is 0 Å². The first-order valence-corrected chi connectivity index (χ1v) is 14.6. The number of sulfone groups is 1. The van der Waals surface area contributed by atoms with Crippen molar-refractivity contribution in [2.24, 2.45) is 5.92 Å². The Morgan fingerprint density at radius 2 is 1.95 bits per heavy atom. The molecule has 4 amide bonds. The first-order valence-electron chi connectivity index (χ1n) is 12.8. The number of piperidine rings is 1. The third kappa shape index (κ3) is 5.68. The van der Waals surface area contributed by atoms with E-state index in [-0.39, 0.29) is 58.7 Å². The Kier molecular flexibility index (Phi) is 8.34. The van der Waals surface area contributed by atoms with Gasteiger partial charge in [0.25, 0.3) is 0 Å². The van der Waals surface area contributed by atoms with E-state index in [1.54, 1.807) is 0 Å². The minimum Gasteiger partial charge on any atom is -0.396 e. The standard InChI is InChI=1S/C28H26F3N5O5S/c1-17-24(33-2)25(22-10-9-18(14-32)12-23(22)42(3,40)41)36(26(38)34-11-5-6-19(15-34)16-37)27(39)35(17)21-8-4-7-20(13-21)28(29,30)31/h4,7-10,12-13,19,25,37H,5-6,11,15-16H2,1,3H3/t19?,25-/m1/s1. The van der Waals surface area contributed by atoms with Crippen LogP contribution in [0.2, 0.25) is 0 Å². The van der Waals surface area contributed by atoms with Crippen LogP contribution in [0.15, 0.2) is 58.8 Å². The molecule has 2 aromatic carbocycles. The fourth-order valence-corrected chi connectivity index (χ4v) is 6.18. The minimum absolute atomic E-state index is 0.0170. The van der Waals surface area contributed by atoms with Crippen LogP contribution in [0.5, 0.6) is 0 Å². The summed E-state index contributed by atoms with van der Waals surface area (Å²) < 4.78 is 66.4. The lowest BCUT2D eigenvalue weighted by atomic mass is 9.96. The fourth-order valence-electron chi connectivity index (χ4n) is 5.23. The SMILES string of the molecule is [C-]#[N+]C1=C(C)N(c2cccc(C(F)(F)F)c2)C(=O)N(C(=O)N2CCCC(CO)C2)[C@@H]1c1ccc(C#N)cc1S(C)(=O)=O. The number of anilines is 1. The number of aliphatic hydroxyl groups excluding tert-OH is 1. The van der Waals surface area contributed by atoms with Crippen molar-refractivity contribution in [3.63, 3.8) is 0 Å². The molecule has 1 saturated heterocycles. The number of carbonyl (C=O) groups is 2. The number of nitriles is 1. The number of likely N-dealkylation sites (tertiary alicyclic amines) is 1. The van der Waals surface area contributed by atoms with Crippen molar-refractivity contribution in [1.29, 1.82) is 5.26 Å². The van der Waals surface area contributed by atoms with Crippen LogP contribution in [0, 0.1) is 23.8 Å². The Hall–Kier alpha value is -4.40. The van der Waals surface area contributed by atoms with Gasteiger partial charge in [-0.2, -0.15) is 18.4 Å². The molecular formula is C28H26F3N5O5S. The number of hydrogen-bond donors (Lipinski definition) is 1. The average molecular weight is 602 g/mol. The molecule has 14 heteroatoms. The summed E-state index contributed by atoms with van der Waals surface area (Å²) in [6.07, 6.45) is -2.75. The van der Waals surface area contributed by atoms with Gasteiger partial charge >= 0.3 is 18.2 Å². The van der Waals surface area contributed by atoms with Crippen molar-refractivity contribution in [3.05, 3.63) is 82.0 Å². The number of rotatable bonds is 4. The van der Waals surface area contributed by atoms with E-state index >= 15 is 0 Å². The van der Waals surface area contributed by atoms with Crippen molar-refractivity contribution in [1.82, 2.24) is 9.80 Å². The summed E-state index contributed by atoms with van der Waals surface area (Å²) in [5, 5.41) is 19.1. The molecule has 4 rings (SSSR count). The maximum Gasteiger partial charge on any atom is 0.416 e. The Bertz CT molecular complexity index is 1660. The lowest BCUT2D eigenvalue weighted by Crippen LogP contribution is -2.57. The first kappa shape index (κ1) is 30.6. The van der Waals surface area contributed by atoms with Crippen molar-refractivity contribution in [2.75, 3.05) is 30.9 Å². The molecule has 220 valence electrons. The Labute approximate surface area is 240 Å². The van der Waals surface area contributed by atoms with E-state index in [1.165, 1.54) is 30.0 Å². The van der Waals surface area contributed by atoms with Crippen LogP contribution >= 0.6 is 0 Å². The van der Waals surface area contributed by atoms with E-state index < -0.39 is 39.7 Å². The molecule has 0 aromatic heterocycles. The van der Waals surface area contributed by atoms with E-state index in [9.17, 15) is 41.5 Å². The number of amides is 4. The van der Waals surface area contributed by atoms with Gasteiger partial charge in [-0.3, -0.25) is 4.90 Å². The predicted molar refractivity (Wildman–Crippen MR) is 144 cm³/mol. The summed E-state index contributed by atoms with van der Waals surface area (Å²) >= 11 is 0. The number of hydrogen-bond acceptors (Lipinski definition) is 6. The summed E-state index contributed by atoms with van der Waals surface area (Å²) in [6.45, 7) is 9.33. The van der Waals surface area contributed by atoms with E-state index in [0.717, 1.165) is 35.4 Å². The quantitative estimate of drug-likeness (QED) is 0.495. The number of benzene rings is 2. The van der Waals surface area contributed by atoms with E-state index in [2.05, 4.69) is 4.85 Å². The molecule has 0 saturated carbocycles. The zero-order valence-electron chi connectivity index (χ0n) is 22.6. The molecule has 0 radical (unpaired) electrons. The normalized spacial score (nSPS) is 19.9. The summed E-state index contributed by atoms with van der Waals surface area (Å²) in [5.74, 6) is -0.292. The van der Waals surface area contributed by atoms with E-state index in [1.807, 2.05) is 6.07 Å². The molecule has 1 unspecified atom stereocenters. The van der Waals surface area contributed by atoms with Gasteiger partial charge in [0.15, 0.2) is 9.84 Å². The fraction of sp³-hybridized carbons (Fsp3) is 0.357. The van der Waals surface area contributed by atoms with Gasteiger partial charge in [0, 0.05) is 37.3 Å². The van der Waals surface area contributed by atoms with Crippen LogP contribution in [0.4, 0.5) is 28.4 Å². The second-order valence-electron chi connectivity index (χ2n) is 10.1. The molecule has 10 nitrogen and oxygen atoms in total. The average Bonchev–Trinajstić information content (AvgIpc) is 2.95. The molecule has 0 spiro atoms. The molecule has 1 fully saturated rings. The largest absolute Gasteiger partial charge is 0.416 e.